The van der Waals surface area contributed by atoms with Gasteiger partial charge in [0.15, 0.2) is 5.12 Å². The zero-order valence-electron chi connectivity index (χ0n) is 18.6. The van der Waals surface area contributed by atoms with Crippen molar-refractivity contribution in [2.24, 2.45) is 0 Å². The maximum absolute atomic E-state index is 12.4. The molecule has 1 fully saturated rings. The molecule has 0 unspecified atom stereocenters. The maximum atomic E-state index is 12.4. The molecule has 2 rings (SSSR count). The second-order valence-electron chi connectivity index (χ2n) is 9.22. The first-order chi connectivity index (χ1) is 13.2. The van der Waals surface area contributed by atoms with Crippen molar-refractivity contribution in [1.82, 2.24) is 0 Å². The molecule has 158 valence electrons. The molecule has 29 heavy (non-hydrogen) atoms. The van der Waals surface area contributed by atoms with Crippen LogP contribution in [0.25, 0.3) is 6.08 Å². The molecule has 0 aliphatic carbocycles. The summed E-state index contributed by atoms with van der Waals surface area (Å²) in [5.41, 5.74) is 0.620. The zero-order chi connectivity index (χ0) is 22.0. The molecule has 0 N–H and O–H groups in total. The average Bonchev–Trinajstić information content (AvgIpc) is 2.77. The molecular formula is C22H31BO5S. The van der Waals surface area contributed by atoms with Gasteiger partial charge >= 0.3 is 13.1 Å². The number of rotatable bonds is 5. The van der Waals surface area contributed by atoms with Crippen molar-refractivity contribution < 1.29 is 23.6 Å². The number of benzene rings is 1. The Morgan fingerprint density at radius 3 is 2.24 bits per heavy atom. The van der Waals surface area contributed by atoms with Crippen LogP contribution >= 0.6 is 11.8 Å². The fourth-order valence-corrected chi connectivity index (χ4v) is 3.25. The van der Waals surface area contributed by atoms with Crippen LogP contribution in [0, 0.1) is 0 Å². The van der Waals surface area contributed by atoms with Crippen molar-refractivity contribution >= 4 is 36.0 Å². The van der Waals surface area contributed by atoms with Crippen LogP contribution in [0.3, 0.4) is 0 Å². The third-order valence-corrected chi connectivity index (χ3v) is 5.76. The Morgan fingerprint density at radius 2 is 1.72 bits per heavy atom. The molecule has 0 radical (unpaired) electrons. The van der Waals surface area contributed by atoms with Gasteiger partial charge < -0.3 is 14.0 Å². The Balaban J connectivity index is 2.33. The smallest absolute Gasteiger partial charge is 0.456 e. The van der Waals surface area contributed by atoms with Crippen LogP contribution in [0.5, 0.6) is 0 Å². The van der Waals surface area contributed by atoms with E-state index in [9.17, 15) is 9.59 Å². The van der Waals surface area contributed by atoms with Gasteiger partial charge in [-0.3, -0.25) is 4.79 Å². The molecule has 0 saturated carbocycles. The van der Waals surface area contributed by atoms with Crippen molar-refractivity contribution in [3.63, 3.8) is 0 Å². The fourth-order valence-electron chi connectivity index (χ4n) is 2.66. The summed E-state index contributed by atoms with van der Waals surface area (Å²) in [6, 6.07) is 7.21. The molecule has 1 aromatic carbocycles. The number of carbonyl (C=O) groups is 2. The summed E-state index contributed by atoms with van der Waals surface area (Å²) in [6.45, 7) is 15.0. The minimum absolute atomic E-state index is 0.0231. The van der Waals surface area contributed by atoms with Gasteiger partial charge in [0.05, 0.1) is 16.8 Å². The average molecular weight is 418 g/mol. The Bertz CT molecular complexity index is 792. The minimum atomic E-state index is -0.561. The highest BCUT2D eigenvalue weighted by Gasteiger charge is 2.52. The van der Waals surface area contributed by atoms with E-state index in [-0.39, 0.29) is 11.1 Å². The summed E-state index contributed by atoms with van der Waals surface area (Å²) in [4.78, 5) is 23.9. The Hall–Kier alpha value is -1.57. The summed E-state index contributed by atoms with van der Waals surface area (Å²) >= 11 is 1.21. The monoisotopic (exact) mass is 418 g/mol. The lowest BCUT2D eigenvalue weighted by molar-refractivity contribution is -0.109. The van der Waals surface area contributed by atoms with E-state index in [1.54, 1.807) is 12.1 Å². The van der Waals surface area contributed by atoms with Crippen molar-refractivity contribution in [3.8, 4) is 0 Å². The maximum Gasteiger partial charge on any atom is 0.491 e. The molecule has 7 heteroatoms. The summed E-state index contributed by atoms with van der Waals surface area (Å²) in [7, 11) is -0.558. The molecule has 0 bridgehead atoms. The third kappa shape index (κ3) is 6.46. The largest absolute Gasteiger partial charge is 0.491 e. The molecule has 0 spiro atoms. The van der Waals surface area contributed by atoms with E-state index in [1.165, 1.54) is 18.7 Å². The molecule has 5 nitrogen and oxygen atoms in total. The second kappa shape index (κ2) is 8.66. The molecule has 0 amide bonds. The molecule has 1 saturated heterocycles. The number of esters is 1. The van der Waals surface area contributed by atoms with Crippen LogP contribution < -0.4 is 0 Å². The Kier molecular flexibility index (Phi) is 7.08. The lowest BCUT2D eigenvalue weighted by Crippen LogP contribution is -2.41. The summed E-state index contributed by atoms with van der Waals surface area (Å²) in [6.07, 6.45) is 1.92. The predicted octanol–water partition coefficient (Wildman–Crippen LogP) is 4.94. The van der Waals surface area contributed by atoms with E-state index >= 15 is 0 Å². The van der Waals surface area contributed by atoms with Gasteiger partial charge in [-0.1, -0.05) is 30.0 Å². The zero-order valence-corrected chi connectivity index (χ0v) is 19.4. The van der Waals surface area contributed by atoms with Crippen LogP contribution in [-0.4, -0.2) is 40.8 Å². The van der Waals surface area contributed by atoms with Crippen LogP contribution in [-0.2, 0) is 18.8 Å². The van der Waals surface area contributed by atoms with Crippen LogP contribution in [0.1, 0.15) is 71.3 Å². The number of hydrogen-bond donors (Lipinski definition) is 0. The van der Waals surface area contributed by atoms with Crippen molar-refractivity contribution in [2.75, 3.05) is 5.75 Å². The molecule has 1 aliphatic rings. The van der Waals surface area contributed by atoms with Gasteiger partial charge in [-0.25, -0.2) is 4.79 Å². The van der Waals surface area contributed by atoms with Crippen LogP contribution in [0.15, 0.2) is 29.7 Å². The van der Waals surface area contributed by atoms with Crippen LogP contribution in [0.2, 0.25) is 0 Å². The molecule has 1 heterocycles. The van der Waals surface area contributed by atoms with Gasteiger partial charge in [0, 0.05) is 12.7 Å². The highest BCUT2D eigenvalue weighted by atomic mass is 32.2. The van der Waals surface area contributed by atoms with Crippen molar-refractivity contribution in [3.05, 3.63) is 40.9 Å². The van der Waals surface area contributed by atoms with E-state index in [0.29, 0.717) is 11.3 Å². The van der Waals surface area contributed by atoms with E-state index in [1.807, 2.05) is 66.7 Å². The number of hydrogen-bond acceptors (Lipinski definition) is 6. The van der Waals surface area contributed by atoms with Gasteiger partial charge in [-0.15, -0.1) is 0 Å². The molecule has 0 aromatic heterocycles. The lowest BCUT2D eigenvalue weighted by atomic mass is 9.78. The summed E-state index contributed by atoms with van der Waals surface area (Å²) in [5, 5.41) is 0.0231. The first kappa shape index (κ1) is 23.7. The van der Waals surface area contributed by atoms with Crippen molar-refractivity contribution in [2.45, 2.75) is 72.2 Å². The third-order valence-electron chi connectivity index (χ3n) is 4.87. The Morgan fingerprint density at radius 1 is 1.14 bits per heavy atom. The van der Waals surface area contributed by atoms with Gasteiger partial charge in [-0.05, 0) is 71.6 Å². The van der Waals surface area contributed by atoms with E-state index in [2.05, 4.69) is 0 Å². The first-order valence-corrected chi connectivity index (χ1v) is 10.7. The van der Waals surface area contributed by atoms with E-state index < -0.39 is 23.9 Å². The van der Waals surface area contributed by atoms with Gasteiger partial charge in [0.25, 0.3) is 0 Å². The van der Waals surface area contributed by atoms with Gasteiger partial charge in [0.1, 0.15) is 5.60 Å². The van der Waals surface area contributed by atoms with Gasteiger partial charge in [-0.2, -0.15) is 0 Å². The van der Waals surface area contributed by atoms with Gasteiger partial charge in [0.2, 0.25) is 0 Å². The molecule has 0 atom stereocenters. The normalized spacial score (nSPS) is 18.6. The fraction of sp³-hybridized carbons (Fsp3) is 0.545. The predicted molar refractivity (Wildman–Crippen MR) is 119 cm³/mol. The molecular weight excluding hydrogens is 387 g/mol. The standard InChI is InChI=1S/C22H31BO5S/c1-15(24)29-14-18(23-27-21(5,6)22(7,8)28-23)13-16-10-9-11-17(12-16)19(25)26-20(2,3)4/h9-13H,14H2,1-8H3. The number of carbonyl (C=O) groups excluding carboxylic acids is 2. The topological polar surface area (TPSA) is 61.8 Å². The number of ether oxygens (including phenoxy) is 1. The number of thioether (sulfide) groups is 1. The van der Waals surface area contributed by atoms with Crippen LogP contribution in [0.4, 0.5) is 0 Å². The first-order valence-electron chi connectivity index (χ1n) is 9.73. The minimum Gasteiger partial charge on any atom is -0.456 e. The van der Waals surface area contributed by atoms with Crippen molar-refractivity contribution in [1.29, 1.82) is 0 Å². The van der Waals surface area contributed by atoms with E-state index in [4.69, 9.17) is 14.0 Å². The molecule has 1 aliphatic heterocycles. The summed E-state index contributed by atoms with van der Waals surface area (Å²) in [5.74, 6) is 0.0751. The van der Waals surface area contributed by atoms with E-state index in [0.717, 1.165) is 11.0 Å². The highest BCUT2D eigenvalue weighted by molar-refractivity contribution is 8.13. The SMILES string of the molecule is CC(=O)SCC(=Cc1cccc(C(=O)OC(C)(C)C)c1)B1OC(C)(C)C(C)(C)O1. The lowest BCUT2D eigenvalue weighted by Gasteiger charge is -2.32. The molecule has 1 aromatic rings. The second-order valence-corrected chi connectivity index (χ2v) is 10.4. The quantitative estimate of drug-likeness (QED) is 0.499. The highest BCUT2D eigenvalue weighted by Crippen LogP contribution is 2.39. The Labute approximate surface area is 178 Å². The summed E-state index contributed by atoms with van der Waals surface area (Å²) < 4.78 is 17.8.